The molecule has 2 N–H and O–H groups in total. The lowest BCUT2D eigenvalue weighted by Gasteiger charge is -2.09. The summed E-state index contributed by atoms with van der Waals surface area (Å²) < 4.78 is 0. The highest BCUT2D eigenvalue weighted by Crippen LogP contribution is 2.12. The molecular formula is C29H58N2O3. The minimum Gasteiger partial charge on any atom is -0.481 e. The number of aliphatic carboxylic acids is 1. The van der Waals surface area contributed by atoms with Gasteiger partial charge in [-0.15, -0.1) is 0 Å². The highest BCUT2D eigenvalue weighted by atomic mass is 16.4. The van der Waals surface area contributed by atoms with Crippen LogP contribution in [0.5, 0.6) is 0 Å². The third-order valence-electron chi connectivity index (χ3n) is 5.77. The first kappa shape index (κ1) is 34.8. The van der Waals surface area contributed by atoms with Gasteiger partial charge in [-0.2, -0.15) is 0 Å². The van der Waals surface area contributed by atoms with Gasteiger partial charge in [0.1, 0.15) is 0 Å². The molecule has 0 aliphatic rings. The molecule has 0 heterocycles. The molecule has 0 aromatic carbocycles. The number of carbonyl (C=O) groups excluding carboxylic acids is 1. The van der Waals surface area contributed by atoms with Gasteiger partial charge in [0.05, 0.1) is 0 Å². The Morgan fingerprint density at radius 3 is 1.56 bits per heavy atom. The number of nitrogens with one attached hydrogen (secondary N) is 1. The van der Waals surface area contributed by atoms with Gasteiger partial charge >= 0.3 is 0 Å². The fraction of sp³-hybridized carbons (Fsp3) is 0.862. The fourth-order valence-electron chi connectivity index (χ4n) is 3.77. The molecule has 0 aromatic rings. The van der Waals surface area contributed by atoms with E-state index < -0.39 is 5.97 Å². The van der Waals surface area contributed by atoms with E-state index in [1.807, 2.05) is 0 Å². The monoisotopic (exact) mass is 482 g/mol. The van der Waals surface area contributed by atoms with Crippen LogP contribution in [0.25, 0.3) is 0 Å². The summed E-state index contributed by atoms with van der Waals surface area (Å²) in [5.41, 5.74) is 0. The van der Waals surface area contributed by atoms with E-state index in [1.54, 1.807) is 0 Å². The van der Waals surface area contributed by atoms with Gasteiger partial charge in [0.25, 0.3) is 5.97 Å². The highest BCUT2D eigenvalue weighted by Gasteiger charge is 2.00. The van der Waals surface area contributed by atoms with Crippen LogP contribution in [-0.4, -0.2) is 49.1 Å². The van der Waals surface area contributed by atoms with Crippen LogP contribution in [0.2, 0.25) is 0 Å². The zero-order chi connectivity index (χ0) is 25.7. The van der Waals surface area contributed by atoms with Crippen molar-refractivity contribution in [2.75, 3.05) is 27.2 Å². The summed E-state index contributed by atoms with van der Waals surface area (Å²) in [5, 5.41) is 10.4. The topological polar surface area (TPSA) is 69.6 Å². The number of hydrogen-bond donors (Lipinski definition) is 2. The van der Waals surface area contributed by atoms with Gasteiger partial charge in [0, 0.05) is 19.9 Å². The van der Waals surface area contributed by atoms with Crippen molar-refractivity contribution in [1.29, 1.82) is 0 Å². The minimum atomic E-state index is -0.833. The summed E-state index contributed by atoms with van der Waals surface area (Å²) >= 11 is 0. The molecule has 0 radical (unpaired) electrons. The second-order valence-electron chi connectivity index (χ2n) is 9.77. The molecule has 34 heavy (non-hydrogen) atoms. The van der Waals surface area contributed by atoms with E-state index in [2.05, 4.69) is 43.4 Å². The summed E-state index contributed by atoms with van der Waals surface area (Å²) in [6, 6.07) is 0. The van der Waals surface area contributed by atoms with E-state index in [4.69, 9.17) is 9.90 Å². The Kier molecular flexibility index (Phi) is 30.4. The molecule has 0 bridgehead atoms. The standard InChI is InChI=1S/C27H54N2O.C2H4O2/c1-4-5-6-7-8-9-10-11-12-13-14-15-16-17-18-19-20-21-22-24-27(30)28-25-23-26-29(2)3;1-2(3)4/h11-12H,4-10,13-26H2,1-3H3,(H,28,30);1H3,(H,3,4)/b12-11-;. The number of carbonyl (C=O) groups is 2. The van der Waals surface area contributed by atoms with Gasteiger partial charge in [0.2, 0.25) is 5.91 Å². The maximum absolute atomic E-state index is 11.7. The lowest BCUT2D eigenvalue weighted by molar-refractivity contribution is -0.134. The average molecular weight is 483 g/mol. The van der Waals surface area contributed by atoms with Crippen LogP contribution >= 0.6 is 0 Å². The highest BCUT2D eigenvalue weighted by molar-refractivity contribution is 5.75. The van der Waals surface area contributed by atoms with Crippen molar-refractivity contribution in [3.63, 3.8) is 0 Å². The Hall–Kier alpha value is -1.36. The van der Waals surface area contributed by atoms with Crippen LogP contribution in [-0.2, 0) is 9.59 Å². The number of amides is 1. The van der Waals surface area contributed by atoms with Crippen molar-refractivity contribution in [1.82, 2.24) is 10.2 Å². The van der Waals surface area contributed by atoms with Gasteiger partial charge in [-0.05, 0) is 59.2 Å². The van der Waals surface area contributed by atoms with Crippen LogP contribution in [0.3, 0.4) is 0 Å². The van der Waals surface area contributed by atoms with E-state index in [1.165, 1.54) is 103 Å². The number of carboxylic acids is 1. The van der Waals surface area contributed by atoms with Gasteiger partial charge < -0.3 is 15.3 Å². The zero-order valence-electron chi connectivity index (χ0n) is 23.2. The van der Waals surface area contributed by atoms with Crippen molar-refractivity contribution in [3.8, 4) is 0 Å². The molecule has 0 aliphatic heterocycles. The number of allylic oxidation sites excluding steroid dienone is 2. The summed E-state index contributed by atoms with van der Waals surface area (Å²) in [4.78, 5) is 22.9. The van der Waals surface area contributed by atoms with Gasteiger partial charge in [-0.3, -0.25) is 9.59 Å². The van der Waals surface area contributed by atoms with Crippen LogP contribution in [0.15, 0.2) is 12.2 Å². The second-order valence-corrected chi connectivity index (χ2v) is 9.77. The average Bonchev–Trinajstić information content (AvgIpc) is 2.78. The largest absolute Gasteiger partial charge is 0.481 e. The van der Waals surface area contributed by atoms with Crippen LogP contribution < -0.4 is 5.32 Å². The molecule has 5 heteroatoms. The first-order chi connectivity index (χ1) is 16.4. The Labute approximate surface area is 212 Å². The molecule has 0 rings (SSSR count). The number of rotatable bonds is 23. The van der Waals surface area contributed by atoms with E-state index >= 15 is 0 Å². The quantitative estimate of drug-likeness (QED) is 0.115. The Bertz CT molecular complexity index is 460. The normalized spacial score (nSPS) is 11.0. The number of carboxylic acid groups (broad SMARTS) is 1. The zero-order valence-corrected chi connectivity index (χ0v) is 23.2. The second kappa shape index (κ2) is 29.7. The third-order valence-corrected chi connectivity index (χ3v) is 5.77. The maximum Gasteiger partial charge on any atom is 0.300 e. The molecule has 0 atom stereocenters. The molecule has 1 amide bonds. The first-order valence-corrected chi connectivity index (χ1v) is 14.2. The fourth-order valence-corrected chi connectivity index (χ4v) is 3.77. The maximum atomic E-state index is 11.7. The Balaban J connectivity index is 0. The number of unbranched alkanes of at least 4 members (excludes halogenated alkanes) is 15. The first-order valence-electron chi connectivity index (χ1n) is 14.2. The third kappa shape index (κ3) is 37.9. The molecule has 0 aromatic heterocycles. The number of hydrogen-bond acceptors (Lipinski definition) is 3. The van der Waals surface area contributed by atoms with Crippen LogP contribution in [0.1, 0.15) is 136 Å². The van der Waals surface area contributed by atoms with E-state index in [0.29, 0.717) is 6.42 Å². The summed E-state index contributed by atoms with van der Waals surface area (Å²) in [5.74, 6) is -0.602. The van der Waals surface area contributed by atoms with Crippen molar-refractivity contribution in [2.24, 2.45) is 0 Å². The van der Waals surface area contributed by atoms with Gasteiger partial charge in [-0.25, -0.2) is 0 Å². The molecular weight excluding hydrogens is 424 g/mol. The van der Waals surface area contributed by atoms with E-state index in [9.17, 15) is 4.79 Å². The Morgan fingerprint density at radius 2 is 1.12 bits per heavy atom. The smallest absolute Gasteiger partial charge is 0.300 e. The minimum absolute atomic E-state index is 0.231. The Morgan fingerprint density at radius 1 is 0.706 bits per heavy atom. The van der Waals surface area contributed by atoms with Crippen molar-refractivity contribution < 1.29 is 14.7 Å². The molecule has 0 saturated heterocycles. The molecule has 0 saturated carbocycles. The SMILES string of the molecule is CC(=O)O.CCCCCCCC/C=C\CCCCCCCCCCCC(=O)NCCCN(C)C. The predicted octanol–water partition coefficient (Wildman–Crippen LogP) is 7.74. The lowest BCUT2D eigenvalue weighted by atomic mass is 10.1. The van der Waals surface area contributed by atoms with Crippen LogP contribution in [0, 0.1) is 0 Å². The van der Waals surface area contributed by atoms with Crippen LogP contribution in [0.4, 0.5) is 0 Å². The molecule has 202 valence electrons. The summed E-state index contributed by atoms with van der Waals surface area (Å²) in [6.45, 7) is 5.21. The van der Waals surface area contributed by atoms with Crippen molar-refractivity contribution in [2.45, 2.75) is 136 Å². The van der Waals surface area contributed by atoms with Gasteiger partial charge in [-0.1, -0.05) is 96.1 Å². The lowest BCUT2D eigenvalue weighted by Crippen LogP contribution is -2.26. The molecule has 0 spiro atoms. The molecule has 5 nitrogen and oxygen atoms in total. The summed E-state index contributed by atoms with van der Waals surface area (Å²) in [7, 11) is 4.13. The van der Waals surface area contributed by atoms with Gasteiger partial charge in [0.15, 0.2) is 0 Å². The van der Waals surface area contributed by atoms with Crippen molar-refractivity contribution in [3.05, 3.63) is 12.2 Å². The molecule has 0 unspecified atom stereocenters. The summed E-state index contributed by atoms with van der Waals surface area (Å²) in [6.07, 6.45) is 29.2. The molecule has 0 fully saturated rings. The van der Waals surface area contributed by atoms with E-state index in [0.717, 1.165) is 32.9 Å². The molecule has 0 aliphatic carbocycles. The van der Waals surface area contributed by atoms with Crippen molar-refractivity contribution >= 4 is 11.9 Å². The van der Waals surface area contributed by atoms with E-state index in [-0.39, 0.29) is 5.91 Å². The predicted molar refractivity (Wildman–Crippen MR) is 147 cm³/mol. The number of nitrogens with zero attached hydrogens (tertiary/aromatic N) is 1.